The lowest BCUT2D eigenvalue weighted by Gasteiger charge is -2.27. The van der Waals surface area contributed by atoms with Crippen molar-refractivity contribution in [2.75, 3.05) is 6.54 Å². The van der Waals surface area contributed by atoms with E-state index in [1.807, 2.05) is 48.4 Å². The topological polar surface area (TPSA) is 128 Å². The molecule has 10 heteroatoms. The van der Waals surface area contributed by atoms with Crippen LogP contribution in [0.1, 0.15) is 30.4 Å². The maximum atomic E-state index is 12.9. The predicted molar refractivity (Wildman–Crippen MR) is 124 cm³/mol. The van der Waals surface area contributed by atoms with Crippen LogP contribution in [-0.4, -0.2) is 58.9 Å². The molecular weight excluding hydrogens is 418 g/mol. The van der Waals surface area contributed by atoms with Gasteiger partial charge in [0.2, 0.25) is 0 Å². The van der Waals surface area contributed by atoms with Crippen molar-refractivity contribution in [1.29, 1.82) is 0 Å². The lowest BCUT2D eigenvalue weighted by atomic mass is 9.92. The Bertz CT molecular complexity index is 1260. The van der Waals surface area contributed by atoms with E-state index >= 15 is 0 Å². The van der Waals surface area contributed by atoms with Crippen LogP contribution in [0.15, 0.2) is 65.6 Å². The minimum Gasteiger partial charge on any atom is -0.347 e. The summed E-state index contributed by atoms with van der Waals surface area (Å²) in [6.07, 6.45) is 8.26. The van der Waals surface area contributed by atoms with Crippen molar-refractivity contribution in [2.45, 2.75) is 26.3 Å². The van der Waals surface area contributed by atoms with Gasteiger partial charge < -0.3 is 9.88 Å². The molecule has 1 unspecified atom stereocenters. The number of H-pyrrole nitrogens is 2. The molecule has 0 radical (unpaired) electrons. The van der Waals surface area contributed by atoms with Gasteiger partial charge in [0, 0.05) is 30.7 Å². The normalized spacial score (nSPS) is 17.1. The lowest BCUT2D eigenvalue weighted by molar-refractivity contribution is -0.125. The number of hydrogen-bond donors (Lipinski definition) is 2. The number of fused-ring (bicyclic) bond motifs is 2. The van der Waals surface area contributed by atoms with Gasteiger partial charge in [0.15, 0.2) is 0 Å². The number of para-hydroxylation sites is 1. The first-order chi connectivity index (χ1) is 16.2. The van der Waals surface area contributed by atoms with Gasteiger partial charge in [-0.15, -0.1) is 5.10 Å². The zero-order valence-electron chi connectivity index (χ0n) is 18.1. The molecule has 33 heavy (non-hydrogen) atoms. The summed E-state index contributed by atoms with van der Waals surface area (Å²) in [6.45, 7) is 3.24. The number of aromatic amines is 2. The number of carbonyl (C=O) groups is 1. The molecule has 10 nitrogen and oxygen atoms in total. The smallest absolute Gasteiger partial charge is 0.271 e. The molecule has 1 amide bonds. The third kappa shape index (κ3) is 4.14. The van der Waals surface area contributed by atoms with Crippen molar-refractivity contribution in [3.63, 3.8) is 0 Å². The summed E-state index contributed by atoms with van der Waals surface area (Å²) < 4.78 is 0. The predicted octanol–water partition coefficient (Wildman–Crippen LogP) is 2.53. The molecule has 3 aromatic heterocycles. The highest BCUT2D eigenvalue weighted by atomic mass is 16.2. The van der Waals surface area contributed by atoms with E-state index in [1.165, 1.54) is 0 Å². The fourth-order valence-corrected chi connectivity index (χ4v) is 4.07. The van der Waals surface area contributed by atoms with Crippen molar-refractivity contribution in [2.24, 2.45) is 16.1 Å². The highest BCUT2D eigenvalue weighted by Gasteiger charge is 2.35. The summed E-state index contributed by atoms with van der Waals surface area (Å²) >= 11 is 0. The average Bonchev–Trinajstić information content (AvgIpc) is 3.63. The fraction of sp³-hybridized carbons (Fsp3) is 0.261. The molecule has 2 aliphatic heterocycles. The largest absolute Gasteiger partial charge is 0.347 e. The summed E-state index contributed by atoms with van der Waals surface area (Å²) in [5, 5.41) is 16.4. The minimum absolute atomic E-state index is 0.0460. The Morgan fingerprint density at radius 3 is 2.91 bits per heavy atom. The van der Waals surface area contributed by atoms with Crippen LogP contribution in [0.4, 0.5) is 0 Å². The Hall–Kier alpha value is -4.21. The number of carbonyl (C=O) groups excluding carboxylic acids is 1. The molecule has 0 saturated carbocycles. The van der Waals surface area contributed by atoms with Crippen LogP contribution < -0.4 is 0 Å². The molecule has 2 N–H and O–H groups in total. The van der Waals surface area contributed by atoms with E-state index in [4.69, 9.17) is 0 Å². The molecule has 1 aromatic carbocycles. The summed E-state index contributed by atoms with van der Waals surface area (Å²) in [4.78, 5) is 30.0. The number of nitrogens with zero attached hydrogens (tertiary/aromatic N) is 7. The molecule has 1 atom stereocenters. The summed E-state index contributed by atoms with van der Waals surface area (Å²) in [7, 11) is 0. The molecule has 0 saturated heterocycles. The van der Waals surface area contributed by atoms with Crippen molar-refractivity contribution < 1.29 is 4.79 Å². The summed E-state index contributed by atoms with van der Waals surface area (Å²) in [5.74, 6) is -0.138. The second-order valence-electron chi connectivity index (χ2n) is 7.79. The van der Waals surface area contributed by atoms with E-state index in [2.05, 4.69) is 40.3 Å². The maximum Gasteiger partial charge on any atom is 0.271 e. The first-order valence-corrected chi connectivity index (χ1v) is 10.8. The van der Waals surface area contributed by atoms with Crippen LogP contribution in [0.2, 0.25) is 0 Å². The van der Waals surface area contributed by atoms with Gasteiger partial charge in [0.1, 0.15) is 12.0 Å². The number of aromatic nitrogens is 6. The molecular formula is C23H23N9O. The molecule has 0 bridgehead atoms. The second-order valence-corrected chi connectivity index (χ2v) is 7.79. The van der Waals surface area contributed by atoms with Crippen molar-refractivity contribution in [3.05, 3.63) is 72.5 Å². The zero-order chi connectivity index (χ0) is 22.6. The third-order valence-corrected chi connectivity index (χ3v) is 5.81. The third-order valence-electron chi connectivity index (χ3n) is 5.81. The number of imidazole rings is 1. The van der Waals surface area contributed by atoms with Crippen molar-refractivity contribution >= 4 is 28.2 Å². The van der Waals surface area contributed by atoms with E-state index in [1.54, 1.807) is 18.9 Å². The molecule has 6 rings (SSSR count). The Labute approximate surface area is 189 Å². The number of amides is 1. The summed E-state index contributed by atoms with van der Waals surface area (Å²) in [5.41, 5.74) is 5.16. The van der Waals surface area contributed by atoms with E-state index in [9.17, 15) is 4.79 Å². The van der Waals surface area contributed by atoms with Gasteiger partial charge in [0.25, 0.3) is 5.91 Å². The Morgan fingerprint density at radius 1 is 1.18 bits per heavy atom. The van der Waals surface area contributed by atoms with E-state index in [0.29, 0.717) is 18.8 Å². The number of rotatable bonds is 3. The first kappa shape index (κ1) is 20.7. The highest BCUT2D eigenvalue weighted by Crippen LogP contribution is 2.23. The van der Waals surface area contributed by atoms with Crippen LogP contribution in [0.3, 0.4) is 0 Å². The Morgan fingerprint density at radius 2 is 2.09 bits per heavy atom. The molecule has 4 aromatic rings. The van der Waals surface area contributed by atoms with Gasteiger partial charge in [-0.2, -0.15) is 10.2 Å². The van der Waals surface area contributed by atoms with E-state index < -0.39 is 0 Å². The van der Waals surface area contributed by atoms with Gasteiger partial charge in [-0.1, -0.05) is 25.1 Å². The second kappa shape index (κ2) is 9.11. The Balaban J connectivity index is 0.000000190. The number of hydrogen-bond acceptors (Lipinski definition) is 7. The van der Waals surface area contributed by atoms with Gasteiger partial charge in [-0.25, -0.2) is 15.0 Å². The molecule has 2 aliphatic rings. The van der Waals surface area contributed by atoms with Gasteiger partial charge in [-0.05, 0) is 18.6 Å². The molecule has 5 heterocycles. The van der Waals surface area contributed by atoms with E-state index in [0.717, 1.165) is 46.5 Å². The van der Waals surface area contributed by atoms with Crippen LogP contribution >= 0.6 is 0 Å². The number of nitrogens with one attached hydrogen (secondary N) is 2. The van der Waals surface area contributed by atoms with Crippen LogP contribution in [0.5, 0.6) is 0 Å². The first-order valence-electron chi connectivity index (χ1n) is 10.8. The molecule has 0 aliphatic carbocycles. The summed E-state index contributed by atoms with van der Waals surface area (Å²) in [6, 6.07) is 9.76. The fourth-order valence-electron chi connectivity index (χ4n) is 4.07. The van der Waals surface area contributed by atoms with Crippen LogP contribution in [0.25, 0.3) is 10.9 Å². The highest BCUT2D eigenvalue weighted by molar-refractivity contribution is 6.45. The monoisotopic (exact) mass is 441 g/mol. The quantitative estimate of drug-likeness (QED) is 0.505. The van der Waals surface area contributed by atoms with Crippen LogP contribution in [0, 0.1) is 5.92 Å². The Kier molecular flexibility index (Phi) is 5.71. The number of benzene rings is 1. The average molecular weight is 441 g/mol. The maximum absolute atomic E-state index is 12.9. The van der Waals surface area contributed by atoms with Gasteiger partial charge in [-0.3, -0.25) is 9.89 Å². The molecule has 0 fully saturated rings. The van der Waals surface area contributed by atoms with Crippen LogP contribution in [-0.2, 0) is 17.8 Å². The van der Waals surface area contributed by atoms with Gasteiger partial charge >= 0.3 is 0 Å². The van der Waals surface area contributed by atoms with Crippen molar-refractivity contribution in [1.82, 2.24) is 35.0 Å². The van der Waals surface area contributed by atoms with Crippen molar-refractivity contribution in [3.8, 4) is 0 Å². The van der Waals surface area contributed by atoms with E-state index in [-0.39, 0.29) is 11.8 Å². The zero-order valence-corrected chi connectivity index (χ0v) is 18.1. The van der Waals surface area contributed by atoms with Gasteiger partial charge in [0.05, 0.1) is 47.1 Å². The molecule has 166 valence electrons. The minimum atomic E-state index is -0.0916. The molecule has 0 spiro atoms. The lowest BCUT2D eigenvalue weighted by Crippen LogP contribution is -2.43. The standard InChI is InChI=1S/C15H17N7O.C8H6N2/c1-2-9-13(11-3-5-18-19-11)20-21-14(9)15(23)22-6-4-10-12(7-22)17-8-16-10;1-2-4-8-7(3-1)5-9-6-10-8/h3,5,8-9H,2,4,6-7H2,1H3,(H,16,17)(H,18,19);1-6H. The SMILES string of the molecule is CCC1C(C(=O)N2CCc3nc[nH]c3C2)=NN=C1c1ccn[nH]1.c1ccc2ncncc2c1.